The molecule has 1 aromatic carbocycles. The molecule has 0 bridgehead atoms. The first-order valence-electron chi connectivity index (χ1n) is 7.89. The summed E-state index contributed by atoms with van der Waals surface area (Å²) in [5.41, 5.74) is 0.475. The Balaban J connectivity index is 2.32. The van der Waals surface area contributed by atoms with Crippen LogP contribution in [0.3, 0.4) is 0 Å². The van der Waals surface area contributed by atoms with Crippen molar-refractivity contribution >= 4 is 11.9 Å². The molecule has 5 nitrogen and oxygen atoms in total. The van der Waals surface area contributed by atoms with Gasteiger partial charge in [-0.15, -0.1) is 0 Å². The van der Waals surface area contributed by atoms with Gasteiger partial charge in [0.05, 0.1) is 12.2 Å². The highest BCUT2D eigenvalue weighted by atomic mass is 16.5. The molecule has 1 N–H and O–H groups in total. The van der Waals surface area contributed by atoms with Gasteiger partial charge in [-0.3, -0.25) is 4.79 Å². The Labute approximate surface area is 130 Å². The maximum absolute atomic E-state index is 12.8. The van der Waals surface area contributed by atoms with E-state index >= 15 is 0 Å². The lowest BCUT2D eigenvalue weighted by Gasteiger charge is -2.35. The molecule has 1 saturated heterocycles. The first-order chi connectivity index (χ1) is 10.6. The summed E-state index contributed by atoms with van der Waals surface area (Å²) in [6, 6.07) is 4.77. The Bertz CT molecular complexity index is 556. The van der Waals surface area contributed by atoms with Gasteiger partial charge in [0.1, 0.15) is 5.75 Å². The fourth-order valence-electron chi connectivity index (χ4n) is 2.95. The molecular formula is C17H23NO4. The molecule has 1 unspecified atom stereocenters. The number of piperidine rings is 1. The van der Waals surface area contributed by atoms with Crippen molar-refractivity contribution < 1.29 is 19.4 Å². The number of aromatic carboxylic acids is 1. The Kier molecular flexibility index (Phi) is 5.41. The summed E-state index contributed by atoms with van der Waals surface area (Å²) < 4.78 is 5.39. The van der Waals surface area contributed by atoms with Crippen LogP contribution < -0.4 is 4.74 Å². The van der Waals surface area contributed by atoms with E-state index in [4.69, 9.17) is 4.74 Å². The van der Waals surface area contributed by atoms with Crippen molar-refractivity contribution in [2.45, 2.75) is 45.6 Å². The van der Waals surface area contributed by atoms with Gasteiger partial charge in [-0.05, 0) is 50.8 Å². The third-order valence-electron chi connectivity index (χ3n) is 4.07. The highest BCUT2D eigenvalue weighted by molar-refractivity contribution is 5.98. The first-order valence-corrected chi connectivity index (χ1v) is 7.89. The second-order valence-electron chi connectivity index (χ2n) is 5.54. The summed E-state index contributed by atoms with van der Waals surface area (Å²) >= 11 is 0. The largest absolute Gasteiger partial charge is 0.494 e. The van der Waals surface area contributed by atoms with E-state index in [1.165, 1.54) is 12.1 Å². The molecule has 1 aliphatic rings. The van der Waals surface area contributed by atoms with Crippen LogP contribution in [0.15, 0.2) is 18.2 Å². The number of carboxylic acid groups (broad SMARTS) is 1. The van der Waals surface area contributed by atoms with Crippen molar-refractivity contribution in [2.24, 2.45) is 0 Å². The van der Waals surface area contributed by atoms with Crippen LogP contribution in [-0.2, 0) is 0 Å². The van der Waals surface area contributed by atoms with E-state index in [2.05, 4.69) is 6.92 Å². The van der Waals surface area contributed by atoms with Crippen LogP contribution in [0.5, 0.6) is 5.75 Å². The van der Waals surface area contributed by atoms with Crippen LogP contribution >= 0.6 is 0 Å². The zero-order valence-corrected chi connectivity index (χ0v) is 13.2. The molecular weight excluding hydrogens is 282 g/mol. The summed E-state index contributed by atoms with van der Waals surface area (Å²) in [4.78, 5) is 25.9. The molecule has 1 amide bonds. The fourth-order valence-corrected chi connectivity index (χ4v) is 2.95. The average molecular weight is 305 g/mol. The minimum absolute atomic E-state index is 0.0827. The molecule has 1 aromatic rings. The number of rotatable bonds is 5. The summed E-state index contributed by atoms with van der Waals surface area (Å²) in [5, 5.41) is 9.21. The van der Waals surface area contributed by atoms with Crippen molar-refractivity contribution in [2.75, 3.05) is 13.2 Å². The van der Waals surface area contributed by atoms with Crippen LogP contribution in [0.2, 0.25) is 0 Å². The molecule has 0 radical (unpaired) electrons. The van der Waals surface area contributed by atoms with E-state index in [1.807, 2.05) is 11.8 Å². The monoisotopic (exact) mass is 305 g/mol. The van der Waals surface area contributed by atoms with Gasteiger partial charge in [-0.1, -0.05) is 6.92 Å². The number of nitrogens with zero attached hydrogens (tertiary/aromatic N) is 1. The van der Waals surface area contributed by atoms with Crippen molar-refractivity contribution in [1.29, 1.82) is 0 Å². The van der Waals surface area contributed by atoms with Crippen LogP contribution in [0.1, 0.15) is 60.2 Å². The van der Waals surface area contributed by atoms with Gasteiger partial charge in [0.15, 0.2) is 0 Å². The molecule has 0 aliphatic carbocycles. The molecule has 0 aromatic heterocycles. The normalized spacial score (nSPS) is 18.1. The lowest BCUT2D eigenvalue weighted by atomic mass is 9.98. The molecule has 1 heterocycles. The Morgan fingerprint density at radius 2 is 1.95 bits per heavy atom. The number of hydrogen-bond acceptors (Lipinski definition) is 3. The molecule has 1 aliphatic heterocycles. The summed E-state index contributed by atoms with van der Waals surface area (Å²) in [7, 11) is 0. The van der Waals surface area contributed by atoms with E-state index in [9.17, 15) is 14.7 Å². The average Bonchev–Trinajstić information content (AvgIpc) is 2.54. The number of carboxylic acids is 1. The van der Waals surface area contributed by atoms with Crippen LogP contribution in [-0.4, -0.2) is 41.1 Å². The zero-order valence-electron chi connectivity index (χ0n) is 13.2. The van der Waals surface area contributed by atoms with Gasteiger partial charge in [0, 0.05) is 18.2 Å². The number of carbonyl (C=O) groups is 2. The van der Waals surface area contributed by atoms with Gasteiger partial charge in [0.25, 0.3) is 5.91 Å². The minimum atomic E-state index is -1.05. The number of likely N-dealkylation sites (tertiary alicyclic amines) is 1. The zero-order chi connectivity index (χ0) is 16.1. The lowest BCUT2D eigenvalue weighted by Crippen LogP contribution is -2.43. The fraction of sp³-hybridized carbons (Fsp3) is 0.529. The molecule has 1 fully saturated rings. The van der Waals surface area contributed by atoms with Crippen molar-refractivity contribution in [1.82, 2.24) is 4.90 Å². The summed E-state index contributed by atoms with van der Waals surface area (Å²) in [6.07, 6.45) is 4.07. The van der Waals surface area contributed by atoms with Crippen molar-refractivity contribution in [3.63, 3.8) is 0 Å². The van der Waals surface area contributed by atoms with E-state index < -0.39 is 5.97 Å². The standard InChI is InChI=1S/C17H23NO4/c1-3-14-7-5-6-8-18(14)16(19)12-9-13(17(20)21)11-15(10-12)22-4-2/h9-11,14H,3-8H2,1-2H3,(H,20,21). The lowest BCUT2D eigenvalue weighted by molar-refractivity contribution is 0.0607. The Hall–Kier alpha value is -2.04. The molecule has 22 heavy (non-hydrogen) atoms. The van der Waals surface area contributed by atoms with Crippen LogP contribution in [0.25, 0.3) is 0 Å². The Morgan fingerprint density at radius 3 is 2.59 bits per heavy atom. The predicted molar refractivity (Wildman–Crippen MR) is 83.5 cm³/mol. The van der Waals surface area contributed by atoms with Crippen LogP contribution in [0.4, 0.5) is 0 Å². The highest BCUT2D eigenvalue weighted by Gasteiger charge is 2.27. The highest BCUT2D eigenvalue weighted by Crippen LogP contribution is 2.24. The molecule has 120 valence electrons. The van der Waals surface area contributed by atoms with E-state index in [-0.39, 0.29) is 17.5 Å². The number of hydrogen-bond donors (Lipinski definition) is 1. The Morgan fingerprint density at radius 1 is 1.23 bits per heavy atom. The second-order valence-corrected chi connectivity index (χ2v) is 5.54. The quantitative estimate of drug-likeness (QED) is 0.907. The minimum Gasteiger partial charge on any atom is -0.494 e. The second kappa shape index (κ2) is 7.29. The number of amides is 1. The van der Waals surface area contributed by atoms with E-state index in [1.54, 1.807) is 6.07 Å². The van der Waals surface area contributed by atoms with Crippen molar-refractivity contribution in [3.05, 3.63) is 29.3 Å². The van der Waals surface area contributed by atoms with Gasteiger partial charge < -0.3 is 14.7 Å². The third-order valence-corrected chi connectivity index (χ3v) is 4.07. The van der Waals surface area contributed by atoms with E-state index in [0.717, 1.165) is 32.2 Å². The van der Waals surface area contributed by atoms with Crippen molar-refractivity contribution in [3.8, 4) is 5.75 Å². The smallest absolute Gasteiger partial charge is 0.335 e. The predicted octanol–water partition coefficient (Wildman–Crippen LogP) is 3.19. The van der Waals surface area contributed by atoms with Gasteiger partial charge in [-0.25, -0.2) is 4.79 Å². The number of ether oxygens (including phenoxy) is 1. The molecule has 5 heteroatoms. The van der Waals surface area contributed by atoms with Gasteiger partial charge >= 0.3 is 5.97 Å². The van der Waals surface area contributed by atoms with E-state index in [0.29, 0.717) is 17.9 Å². The molecule has 0 saturated carbocycles. The number of carbonyl (C=O) groups excluding carboxylic acids is 1. The van der Waals surface area contributed by atoms with Crippen LogP contribution in [0, 0.1) is 0 Å². The summed E-state index contributed by atoms with van der Waals surface area (Å²) in [6.45, 7) is 5.07. The number of benzene rings is 1. The van der Waals surface area contributed by atoms with Gasteiger partial charge in [0.2, 0.25) is 0 Å². The SMILES string of the molecule is CCOc1cc(C(=O)O)cc(C(=O)N2CCCCC2CC)c1. The molecule has 1 atom stereocenters. The molecule has 2 rings (SSSR count). The first kappa shape index (κ1) is 16.3. The third kappa shape index (κ3) is 3.59. The van der Waals surface area contributed by atoms with Gasteiger partial charge in [-0.2, -0.15) is 0 Å². The molecule has 0 spiro atoms. The summed E-state index contributed by atoms with van der Waals surface area (Å²) in [5.74, 6) is -0.729. The topological polar surface area (TPSA) is 66.8 Å². The maximum atomic E-state index is 12.8. The maximum Gasteiger partial charge on any atom is 0.335 e.